The number of nitrogens with one attached hydrogen (secondary N) is 1. The molecule has 0 saturated carbocycles. The van der Waals surface area contributed by atoms with E-state index in [0.717, 1.165) is 11.4 Å². The van der Waals surface area contributed by atoms with Gasteiger partial charge in [-0.1, -0.05) is 17.7 Å². The fraction of sp³-hybridized carbons (Fsp3) is 0.0588. The third kappa shape index (κ3) is 3.76. The van der Waals surface area contributed by atoms with Gasteiger partial charge in [0.25, 0.3) is 0 Å². The molecule has 0 amide bonds. The van der Waals surface area contributed by atoms with Gasteiger partial charge in [0.1, 0.15) is 22.5 Å². The second kappa shape index (κ2) is 6.62. The molecule has 1 N–H and O–H groups in total. The van der Waals surface area contributed by atoms with Crippen LogP contribution in [0.2, 0.25) is 5.15 Å². The first kappa shape index (κ1) is 15.2. The Kier molecular flexibility index (Phi) is 4.39. The highest BCUT2D eigenvalue weighted by atomic mass is 35.5. The Morgan fingerprint density at radius 1 is 1.04 bits per heavy atom. The number of rotatable bonds is 4. The molecule has 3 rings (SSSR count). The van der Waals surface area contributed by atoms with Gasteiger partial charge in [0.15, 0.2) is 5.82 Å². The molecule has 6 heteroatoms. The van der Waals surface area contributed by atoms with Crippen LogP contribution in [-0.2, 0) is 0 Å². The molecule has 0 atom stereocenters. The molecule has 1 heterocycles. The molecule has 0 radical (unpaired) electrons. The van der Waals surface area contributed by atoms with E-state index >= 15 is 0 Å². The molecule has 0 bridgehead atoms. The lowest BCUT2D eigenvalue weighted by atomic mass is 10.2. The van der Waals surface area contributed by atoms with Crippen LogP contribution in [-0.4, -0.2) is 17.1 Å². The molecule has 0 aliphatic heterocycles. The summed E-state index contributed by atoms with van der Waals surface area (Å²) in [5.41, 5.74) is 1.49. The smallest absolute Gasteiger partial charge is 0.163 e. The zero-order valence-corrected chi connectivity index (χ0v) is 13.0. The van der Waals surface area contributed by atoms with Gasteiger partial charge in [-0.2, -0.15) is 0 Å². The summed E-state index contributed by atoms with van der Waals surface area (Å²) < 4.78 is 18.2. The molecule has 0 unspecified atom stereocenters. The summed E-state index contributed by atoms with van der Waals surface area (Å²) in [6, 6.07) is 15.0. The lowest BCUT2D eigenvalue weighted by molar-refractivity contribution is 0.415. The predicted molar refractivity (Wildman–Crippen MR) is 88.7 cm³/mol. The van der Waals surface area contributed by atoms with Gasteiger partial charge in [-0.3, -0.25) is 0 Å². The van der Waals surface area contributed by atoms with E-state index in [-0.39, 0.29) is 5.82 Å². The molecule has 0 saturated heterocycles. The molecule has 23 heavy (non-hydrogen) atoms. The van der Waals surface area contributed by atoms with E-state index in [1.54, 1.807) is 25.3 Å². The maximum Gasteiger partial charge on any atom is 0.163 e. The Hall–Kier alpha value is -2.66. The van der Waals surface area contributed by atoms with Crippen LogP contribution < -0.4 is 10.1 Å². The highest BCUT2D eigenvalue weighted by Gasteiger charge is 2.07. The normalized spacial score (nSPS) is 10.4. The Balaban J connectivity index is 1.92. The highest BCUT2D eigenvalue weighted by molar-refractivity contribution is 6.29. The second-order valence-corrected chi connectivity index (χ2v) is 5.15. The van der Waals surface area contributed by atoms with Crippen LogP contribution in [0.4, 0.5) is 15.9 Å². The van der Waals surface area contributed by atoms with Crippen molar-refractivity contribution in [2.75, 3.05) is 12.4 Å². The number of hydrogen-bond donors (Lipinski definition) is 1. The van der Waals surface area contributed by atoms with Crippen molar-refractivity contribution in [1.29, 1.82) is 0 Å². The lowest BCUT2D eigenvalue weighted by Crippen LogP contribution is -1.98. The van der Waals surface area contributed by atoms with E-state index < -0.39 is 0 Å². The Labute approximate surface area is 137 Å². The van der Waals surface area contributed by atoms with Crippen LogP contribution >= 0.6 is 11.6 Å². The van der Waals surface area contributed by atoms with Crippen molar-refractivity contribution in [2.45, 2.75) is 0 Å². The largest absolute Gasteiger partial charge is 0.497 e. The van der Waals surface area contributed by atoms with Crippen LogP contribution in [0, 0.1) is 5.82 Å². The number of nitrogens with zero attached hydrogens (tertiary/aromatic N) is 2. The first-order valence-corrected chi connectivity index (χ1v) is 7.23. The van der Waals surface area contributed by atoms with Crippen molar-refractivity contribution in [3.8, 4) is 17.1 Å². The third-order valence-corrected chi connectivity index (χ3v) is 3.33. The Morgan fingerprint density at radius 3 is 2.57 bits per heavy atom. The zero-order chi connectivity index (χ0) is 16.2. The van der Waals surface area contributed by atoms with Crippen LogP contribution in [0.25, 0.3) is 11.4 Å². The van der Waals surface area contributed by atoms with E-state index in [9.17, 15) is 4.39 Å². The van der Waals surface area contributed by atoms with Gasteiger partial charge >= 0.3 is 0 Å². The van der Waals surface area contributed by atoms with Gasteiger partial charge in [-0.05, 0) is 36.4 Å². The van der Waals surface area contributed by atoms with E-state index in [4.69, 9.17) is 16.3 Å². The highest BCUT2D eigenvalue weighted by Crippen LogP contribution is 2.24. The van der Waals surface area contributed by atoms with Crippen LogP contribution in [0.1, 0.15) is 0 Å². The maximum absolute atomic E-state index is 13.0. The summed E-state index contributed by atoms with van der Waals surface area (Å²) in [5, 5.41) is 3.45. The first-order valence-electron chi connectivity index (χ1n) is 6.85. The van der Waals surface area contributed by atoms with Crippen molar-refractivity contribution >= 4 is 23.1 Å². The molecule has 1 aromatic heterocycles. The molecule has 0 spiro atoms. The first-order chi connectivity index (χ1) is 11.1. The van der Waals surface area contributed by atoms with E-state index in [0.29, 0.717) is 22.4 Å². The summed E-state index contributed by atoms with van der Waals surface area (Å²) in [5.74, 6) is 1.37. The molecule has 116 valence electrons. The molecule has 0 aliphatic carbocycles. The van der Waals surface area contributed by atoms with Gasteiger partial charge < -0.3 is 10.1 Å². The lowest BCUT2D eigenvalue weighted by Gasteiger charge is -2.09. The summed E-state index contributed by atoms with van der Waals surface area (Å²) in [7, 11) is 1.60. The Bertz CT molecular complexity index is 824. The minimum absolute atomic E-state index is 0.296. The zero-order valence-electron chi connectivity index (χ0n) is 12.3. The second-order valence-electron chi connectivity index (χ2n) is 4.76. The standard InChI is InChI=1S/C17H13ClFN3O/c1-23-14-4-2-3-13(9-14)20-16-10-15(18)21-17(22-16)11-5-7-12(19)8-6-11/h2-10H,1H3,(H,20,21,22). The summed E-state index contributed by atoms with van der Waals surface area (Å²) in [4.78, 5) is 8.59. The topological polar surface area (TPSA) is 47.0 Å². The van der Waals surface area contributed by atoms with Crippen molar-refractivity contribution in [3.05, 3.63) is 65.6 Å². The fourth-order valence-corrected chi connectivity index (χ4v) is 2.24. The van der Waals surface area contributed by atoms with E-state index in [1.165, 1.54) is 12.1 Å². The molecule has 4 nitrogen and oxygen atoms in total. The number of methoxy groups -OCH3 is 1. The number of ether oxygens (including phenoxy) is 1. The van der Waals surface area contributed by atoms with Gasteiger partial charge in [0.05, 0.1) is 7.11 Å². The van der Waals surface area contributed by atoms with Crippen LogP contribution in [0.15, 0.2) is 54.6 Å². The number of aromatic nitrogens is 2. The minimum Gasteiger partial charge on any atom is -0.497 e. The SMILES string of the molecule is COc1cccc(Nc2cc(Cl)nc(-c3ccc(F)cc3)n2)c1. The van der Waals surface area contributed by atoms with Gasteiger partial charge in [0, 0.05) is 23.4 Å². The van der Waals surface area contributed by atoms with Crippen molar-refractivity contribution in [3.63, 3.8) is 0 Å². The third-order valence-electron chi connectivity index (χ3n) is 3.14. The quantitative estimate of drug-likeness (QED) is 0.705. The number of hydrogen-bond acceptors (Lipinski definition) is 4. The van der Waals surface area contributed by atoms with Crippen molar-refractivity contribution < 1.29 is 9.13 Å². The molecule has 0 aliphatic rings. The van der Waals surface area contributed by atoms with E-state index in [2.05, 4.69) is 15.3 Å². The maximum atomic E-state index is 13.0. The van der Waals surface area contributed by atoms with Crippen LogP contribution in [0.5, 0.6) is 5.75 Å². The monoisotopic (exact) mass is 329 g/mol. The summed E-state index contributed by atoms with van der Waals surface area (Å²) in [6.07, 6.45) is 0. The fourth-order valence-electron chi connectivity index (χ4n) is 2.06. The molecular formula is C17H13ClFN3O. The predicted octanol–water partition coefficient (Wildman–Crippen LogP) is 4.69. The Morgan fingerprint density at radius 2 is 1.83 bits per heavy atom. The molecule has 3 aromatic rings. The average molecular weight is 330 g/mol. The van der Waals surface area contributed by atoms with Gasteiger partial charge in [-0.15, -0.1) is 0 Å². The van der Waals surface area contributed by atoms with Crippen molar-refractivity contribution in [1.82, 2.24) is 9.97 Å². The van der Waals surface area contributed by atoms with Gasteiger partial charge in [0.2, 0.25) is 0 Å². The number of benzene rings is 2. The molecule has 2 aromatic carbocycles. The van der Waals surface area contributed by atoms with Crippen LogP contribution in [0.3, 0.4) is 0 Å². The van der Waals surface area contributed by atoms with Crippen molar-refractivity contribution in [2.24, 2.45) is 0 Å². The summed E-state index contributed by atoms with van der Waals surface area (Å²) in [6.45, 7) is 0. The minimum atomic E-state index is -0.314. The molecule has 0 fully saturated rings. The van der Waals surface area contributed by atoms with Gasteiger partial charge in [-0.25, -0.2) is 14.4 Å². The van der Waals surface area contributed by atoms with E-state index in [1.807, 2.05) is 24.3 Å². The molecular weight excluding hydrogens is 317 g/mol. The number of halogens is 2. The summed E-state index contributed by atoms with van der Waals surface area (Å²) >= 11 is 6.07. The average Bonchev–Trinajstić information content (AvgIpc) is 2.55. The number of anilines is 2.